The lowest BCUT2D eigenvalue weighted by atomic mass is 10.2. The summed E-state index contributed by atoms with van der Waals surface area (Å²) in [5.41, 5.74) is 6.60. The number of anilines is 2. The molecule has 3 aromatic rings. The molecule has 0 aliphatic rings. The predicted molar refractivity (Wildman–Crippen MR) is 85.1 cm³/mol. The molecule has 0 saturated heterocycles. The molecule has 7 nitrogen and oxygen atoms in total. The van der Waals surface area contributed by atoms with Gasteiger partial charge >= 0.3 is 0 Å². The number of fused-ring (bicyclic) bond motifs is 1. The first-order valence-corrected chi connectivity index (χ1v) is 7.64. The van der Waals surface area contributed by atoms with Crippen LogP contribution in [0.3, 0.4) is 0 Å². The van der Waals surface area contributed by atoms with Crippen LogP contribution < -0.4 is 16.2 Å². The van der Waals surface area contributed by atoms with Crippen LogP contribution in [-0.4, -0.2) is 34.3 Å². The topological polar surface area (TPSA) is 101 Å². The van der Waals surface area contributed by atoms with Crippen LogP contribution in [0.1, 0.15) is 0 Å². The van der Waals surface area contributed by atoms with E-state index in [0.29, 0.717) is 21.7 Å². The second kappa shape index (κ2) is 5.34. The second-order valence-corrected chi connectivity index (χ2v) is 6.69. The van der Waals surface area contributed by atoms with E-state index >= 15 is 0 Å². The molecule has 9 heteroatoms. The Bertz CT molecular complexity index is 856. The summed E-state index contributed by atoms with van der Waals surface area (Å²) in [4.78, 5) is 21.1. The number of nitrogen functional groups attached to an aromatic ring is 1. The molecule has 1 aromatic carbocycles. The molecule has 0 spiro atoms. The highest BCUT2D eigenvalue weighted by molar-refractivity contribution is 8.00. The number of nitrogens with zero attached hydrogens (tertiary/aromatic N) is 4. The number of aromatic amines is 1. The number of hydrogen-bond acceptors (Lipinski definition) is 8. The fourth-order valence-corrected chi connectivity index (χ4v) is 3.35. The van der Waals surface area contributed by atoms with Crippen molar-refractivity contribution in [2.24, 2.45) is 0 Å². The molecule has 0 fully saturated rings. The summed E-state index contributed by atoms with van der Waals surface area (Å²) in [7, 11) is 3.80. The number of aromatic nitrogens is 4. The standard InChI is InChI=1S/C12H12N6OS2/c1-18(2)11-16-17-12(21-11)20-10-14-8-4-3-6(13)5-7(8)9(19)15-10/h3-5H,13H2,1-2H3,(H,14,15,19). The van der Waals surface area contributed by atoms with E-state index in [1.54, 1.807) is 18.2 Å². The Kier molecular flexibility index (Phi) is 3.52. The van der Waals surface area contributed by atoms with Crippen molar-refractivity contribution >= 4 is 44.8 Å². The number of rotatable bonds is 3. The molecule has 3 N–H and O–H groups in total. The summed E-state index contributed by atoms with van der Waals surface area (Å²) >= 11 is 2.71. The van der Waals surface area contributed by atoms with Gasteiger partial charge in [0, 0.05) is 19.8 Å². The lowest BCUT2D eigenvalue weighted by Gasteiger charge is -2.03. The SMILES string of the molecule is CN(C)c1nnc(Sc2nc3ccc(N)cc3c(=O)[nH]2)s1. The maximum atomic E-state index is 12.1. The molecular formula is C12H12N6OS2. The summed E-state index contributed by atoms with van der Waals surface area (Å²) in [6, 6.07) is 5.07. The maximum Gasteiger partial charge on any atom is 0.259 e. The first-order chi connectivity index (χ1) is 10.0. The number of hydrogen-bond donors (Lipinski definition) is 2. The van der Waals surface area contributed by atoms with Crippen molar-refractivity contribution in [2.45, 2.75) is 9.50 Å². The van der Waals surface area contributed by atoms with Gasteiger partial charge in [-0.25, -0.2) is 4.98 Å². The van der Waals surface area contributed by atoms with Crippen molar-refractivity contribution in [3.05, 3.63) is 28.6 Å². The highest BCUT2D eigenvalue weighted by Gasteiger charge is 2.10. The third kappa shape index (κ3) is 2.83. The van der Waals surface area contributed by atoms with Crippen LogP contribution in [0.4, 0.5) is 10.8 Å². The molecule has 21 heavy (non-hydrogen) atoms. The fraction of sp³-hybridized carbons (Fsp3) is 0.167. The first-order valence-electron chi connectivity index (χ1n) is 6.01. The van der Waals surface area contributed by atoms with Crippen molar-refractivity contribution in [3.8, 4) is 0 Å². The van der Waals surface area contributed by atoms with E-state index in [-0.39, 0.29) is 5.56 Å². The normalized spacial score (nSPS) is 11.0. The number of H-pyrrole nitrogens is 1. The van der Waals surface area contributed by atoms with E-state index in [9.17, 15) is 4.79 Å². The summed E-state index contributed by atoms with van der Waals surface area (Å²) in [5, 5.41) is 9.87. The van der Waals surface area contributed by atoms with Gasteiger partial charge in [0.15, 0.2) is 9.50 Å². The fourth-order valence-electron chi connectivity index (χ4n) is 1.69. The van der Waals surface area contributed by atoms with Crippen molar-refractivity contribution < 1.29 is 0 Å². The van der Waals surface area contributed by atoms with Crippen molar-refractivity contribution in [2.75, 3.05) is 24.7 Å². The van der Waals surface area contributed by atoms with Crippen LogP contribution >= 0.6 is 23.1 Å². The van der Waals surface area contributed by atoms with Gasteiger partial charge in [-0.05, 0) is 30.0 Å². The Morgan fingerprint density at radius 3 is 2.86 bits per heavy atom. The zero-order valence-corrected chi connectivity index (χ0v) is 13.0. The first kappa shape index (κ1) is 13.8. The Labute approximate surface area is 128 Å². The van der Waals surface area contributed by atoms with Gasteiger partial charge in [0.2, 0.25) is 5.13 Å². The number of nitrogens with two attached hydrogens (primary N) is 1. The summed E-state index contributed by atoms with van der Waals surface area (Å²) < 4.78 is 0.719. The van der Waals surface area contributed by atoms with Crippen LogP contribution in [-0.2, 0) is 0 Å². The van der Waals surface area contributed by atoms with E-state index in [4.69, 9.17) is 5.73 Å². The monoisotopic (exact) mass is 320 g/mol. The molecule has 0 unspecified atom stereocenters. The minimum Gasteiger partial charge on any atom is -0.399 e. The second-order valence-electron chi connectivity index (χ2n) is 4.49. The van der Waals surface area contributed by atoms with E-state index in [1.165, 1.54) is 23.1 Å². The van der Waals surface area contributed by atoms with Crippen LogP contribution in [0.15, 0.2) is 32.5 Å². The molecule has 0 saturated carbocycles. The molecular weight excluding hydrogens is 308 g/mol. The van der Waals surface area contributed by atoms with Crippen LogP contribution in [0.2, 0.25) is 0 Å². The average molecular weight is 320 g/mol. The van der Waals surface area contributed by atoms with Crippen LogP contribution in [0.25, 0.3) is 10.9 Å². The highest BCUT2D eigenvalue weighted by Crippen LogP contribution is 2.30. The lowest BCUT2D eigenvalue weighted by Crippen LogP contribution is -2.09. The number of benzene rings is 1. The van der Waals surface area contributed by atoms with E-state index < -0.39 is 0 Å². The Morgan fingerprint density at radius 1 is 1.33 bits per heavy atom. The molecule has 0 bridgehead atoms. The molecule has 2 aromatic heterocycles. The van der Waals surface area contributed by atoms with E-state index in [2.05, 4.69) is 20.2 Å². The third-order valence-electron chi connectivity index (χ3n) is 2.67. The van der Waals surface area contributed by atoms with E-state index in [1.807, 2.05) is 19.0 Å². The molecule has 0 amide bonds. The summed E-state index contributed by atoms with van der Waals surface area (Å²) in [6.45, 7) is 0. The van der Waals surface area contributed by atoms with E-state index in [0.717, 1.165) is 9.47 Å². The van der Waals surface area contributed by atoms with Gasteiger partial charge in [-0.3, -0.25) is 4.79 Å². The minimum absolute atomic E-state index is 0.216. The van der Waals surface area contributed by atoms with Crippen molar-refractivity contribution in [3.63, 3.8) is 0 Å². The smallest absolute Gasteiger partial charge is 0.259 e. The maximum absolute atomic E-state index is 12.1. The number of nitrogens with one attached hydrogen (secondary N) is 1. The van der Waals surface area contributed by atoms with Gasteiger partial charge < -0.3 is 15.6 Å². The molecule has 0 aliphatic heterocycles. The van der Waals surface area contributed by atoms with Gasteiger partial charge in [0.05, 0.1) is 10.9 Å². The predicted octanol–water partition coefficient (Wildman–Crippen LogP) is 1.57. The Morgan fingerprint density at radius 2 is 2.14 bits per heavy atom. The molecule has 108 valence electrons. The minimum atomic E-state index is -0.216. The van der Waals surface area contributed by atoms with Gasteiger partial charge in [-0.1, -0.05) is 11.3 Å². The zero-order valence-electron chi connectivity index (χ0n) is 11.3. The summed E-state index contributed by atoms with van der Waals surface area (Å²) in [5.74, 6) is 0. The molecule has 3 rings (SSSR count). The lowest BCUT2D eigenvalue weighted by molar-refractivity contribution is 0.950. The quantitative estimate of drug-likeness (QED) is 0.558. The van der Waals surface area contributed by atoms with Crippen molar-refractivity contribution in [1.29, 1.82) is 0 Å². The van der Waals surface area contributed by atoms with Gasteiger partial charge in [0.25, 0.3) is 5.56 Å². The van der Waals surface area contributed by atoms with Crippen molar-refractivity contribution in [1.82, 2.24) is 20.2 Å². The average Bonchev–Trinajstić information content (AvgIpc) is 2.88. The van der Waals surface area contributed by atoms with Crippen LogP contribution in [0, 0.1) is 0 Å². The molecule has 0 atom stereocenters. The molecule has 0 radical (unpaired) electrons. The summed E-state index contributed by atoms with van der Waals surface area (Å²) in [6.07, 6.45) is 0. The Hall–Kier alpha value is -2.13. The van der Waals surface area contributed by atoms with Gasteiger partial charge in [-0.2, -0.15) is 0 Å². The molecule has 2 heterocycles. The molecule has 0 aliphatic carbocycles. The van der Waals surface area contributed by atoms with Gasteiger partial charge in [-0.15, -0.1) is 10.2 Å². The highest BCUT2D eigenvalue weighted by atomic mass is 32.2. The third-order valence-corrected chi connectivity index (χ3v) is 4.70. The largest absolute Gasteiger partial charge is 0.399 e. The Balaban J connectivity index is 1.97. The van der Waals surface area contributed by atoms with Gasteiger partial charge in [0.1, 0.15) is 0 Å². The zero-order chi connectivity index (χ0) is 15.0. The van der Waals surface area contributed by atoms with Crippen LogP contribution in [0.5, 0.6) is 0 Å².